The van der Waals surface area contributed by atoms with Gasteiger partial charge in [0.1, 0.15) is 11.9 Å². The van der Waals surface area contributed by atoms with Crippen LogP contribution in [0.5, 0.6) is 0 Å². The molecule has 3 rings (SSSR count). The van der Waals surface area contributed by atoms with E-state index in [9.17, 15) is 4.79 Å². The van der Waals surface area contributed by atoms with Crippen LogP contribution in [0.4, 0.5) is 0 Å². The molecule has 0 bridgehead atoms. The number of hydrogen-bond acceptors (Lipinski definition) is 3. The minimum absolute atomic E-state index is 0.322. The molecule has 1 atom stereocenters. The molecule has 7 heteroatoms. The number of hydrogen-bond donors (Lipinski definition) is 0. The van der Waals surface area contributed by atoms with E-state index in [0.717, 1.165) is 28.0 Å². The maximum atomic E-state index is 12.1. The molecule has 136 valence electrons. The summed E-state index contributed by atoms with van der Waals surface area (Å²) >= 11 is 18.6. The molecule has 0 aliphatic rings. The second-order valence-corrected chi connectivity index (χ2v) is 7.09. The van der Waals surface area contributed by atoms with Crippen molar-refractivity contribution in [1.29, 1.82) is 0 Å². The summed E-state index contributed by atoms with van der Waals surface area (Å²) in [6, 6.07) is 8.62. The maximum absolute atomic E-state index is 12.1. The summed E-state index contributed by atoms with van der Waals surface area (Å²) in [6.07, 6.45) is 0.671. The van der Waals surface area contributed by atoms with Crippen LogP contribution < -0.4 is 0 Å². The molecule has 4 nitrogen and oxygen atoms in total. The van der Waals surface area contributed by atoms with E-state index in [0.29, 0.717) is 21.5 Å². The fourth-order valence-corrected chi connectivity index (χ4v) is 3.72. The lowest BCUT2D eigenvalue weighted by Gasteiger charge is -2.15. The van der Waals surface area contributed by atoms with Gasteiger partial charge in [-0.2, -0.15) is 0 Å². The maximum Gasteiger partial charge on any atom is 0.328 e. The average molecular weight is 412 g/mol. The number of carbonyl (C=O) groups is 1. The van der Waals surface area contributed by atoms with Gasteiger partial charge in [0, 0.05) is 17.5 Å². The fourth-order valence-electron chi connectivity index (χ4n) is 3.07. The lowest BCUT2D eigenvalue weighted by molar-refractivity contribution is -0.143. The Kier molecular flexibility index (Phi) is 5.47. The van der Waals surface area contributed by atoms with E-state index in [1.165, 1.54) is 7.11 Å². The number of aryl methyl sites for hydroxylation is 1. The molecular weight excluding hydrogens is 395 g/mol. The largest absolute Gasteiger partial charge is 0.467 e. The number of imidazole rings is 1. The van der Waals surface area contributed by atoms with Crippen molar-refractivity contribution in [2.45, 2.75) is 26.3 Å². The number of methoxy groups -OCH3 is 1. The van der Waals surface area contributed by atoms with Gasteiger partial charge in [0.15, 0.2) is 0 Å². The summed E-state index contributed by atoms with van der Waals surface area (Å²) < 4.78 is 6.81. The smallest absolute Gasteiger partial charge is 0.328 e. The Morgan fingerprint density at radius 3 is 2.50 bits per heavy atom. The predicted octanol–water partition coefficient (Wildman–Crippen LogP) is 5.96. The topological polar surface area (TPSA) is 44.1 Å². The van der Waals surface area contributed by atoms with Gasteiger partial charge in [-0.25, -0.2) is 9.78 Å². The molecule has 1 aromatic heterocycles. The lowest BCUT2D eigenvalue weighted by atomic mass is 10.0. The van der Waals surface area contributed by atoms with E-state index in [1.807, 2.05) is 29.7 Å². The Labute approximate surface area is 166 Å². The molecular formula is C19H17Cl3N2O2. The molecule has 2 aromatic carbocycles. The van der Waals surface area contributed by atoms with E-state index in [2.05, 4.69) is 0 Å². The van der Waals surface area contributed by atoms with Crippen molar-refractivity contribution in [3.05, 3.63) is 51.2 Å². The Balaban J connectivity index is 2.29. The van der Waals surface area contributed by atoms with Gasteiger partial charge in [0.25, 0.3) is 0 Å². The van der Waals surface area contributed by atoms with Crippen LogP contribution in [0.3, 0.4) is 0 Å². The van der Waals surface area contributed by atoms with Crippen molar-refractivity contribution < 1.29 is 9.53 Å². The highest BCUT2D eigenvalue weighted by atomic mass is 35.5. The van der Waals surface area contributed by atoms with Crippen LogP contribution in [0.2, 0.25) is 15.1 Å². The van der Waals surface area contributed by atoms with Crippen molar-refractivity contribution in [3.63, 3.8) is 0 Å². The monoisotopic (exact) mass is 410 g/mol. The van der Waals surface area contributed by atoms with Crippen LogP contribution >= 0.6 is 34.8 Å². The van der Waals surface area contributed by atoms with Gasteiger partial charge in [0.2, 0.25) is 0 Å². The summed E-state index contributed by atoms with van der Waals surface area (Å²) in [6.45, 7) is 3.79. The molecule has 0 fully saturated rings. The van der Waals surface area contributed by atoms with E-state index >= 15 is 0 Å². The number of halogens is 3. The zero-order valence-corrected chi connectivity index (χ0v) is 16.8. The highest BCUT2D eigenvalue weighted by Gasteiger charge is 2.23. The molecule has 0 saturated heterocycles. The number of ether oxygens (including phenoxy) is 1. The number of nitrogens with zero attached hydrogens (tertiary/aromatic N) is 2. The van der Waals surface area contributed by atoms with Crippen molar-refractivity contribution in [1.82, 2.24) is 9.55 Å². The zero-order chi connectivity index (χ0) is 19.0. The summed E-state index contributed by atoms with van der Waals surface area (Å²) in [5.41, 5.74) is 3.15. The third kappa shape index (κ3) is 3.18. The van der Waals surface area contributed by atoms with E-state index in [1.54, 1.807) is 19.1 Å². The molecule has 0 amide bonds. The van der Waals surface area contributed by atoms with Gasteiger partial charge in [-0.05, 0) is 25.1 Å². The summed E-state index contributed by atoms with van der Waals surface area (Å²) in [5, 5.41) is 1.30. The number of carbonyl (C=O) groups excluding carboxylic acids is 1. The van der Waals surface area contributed by atoms with Crippen LogP contribution in [0.1, 0.15) is 25.7 Å². The number of aromatic nitrogens is 2. The number of para-hydroxylation sites is 1. The van der Waals surface area contributed by atoms with Gasteiger partial charge >= 0.3 is 5.97 Å². The van der Waals surface area contributed by atoms with Crippen LogP contribution in [-0.2, 0) is 16.0 Å². The fraction of sp³-hybridized carbons (Fsp3) is 0.263. The second kappa shape index (κ2) is 7.47. The molecule has 26 heavy (non-hydrogen) atoms. The second-order valence-electron chi connectivity index (χ2n) is 5.87. The van der Waals surface area contributed by atoms with Crippen LogP contribution in [-0.4, -0.2) is 22.6 Å². The molecule has 0 aliphatic carbocycles. The van der Waals surface area contributed by atoms with Gasteiger partial charge < -0.3 is 9.30 Å². The van der Waals surface area contributed by atoms with Gasteiger partial charge in [-0.3, -0.25) is 0 Å². The third-order valence-electron chi connectivity index (χ3n) is 4.34. The zero-order valence-electron chi connectivity index (χ0n) is 14.5. The first kappa shape index (κ1) is 19.0. The summed E-state index contributed by atoms with van der Waals surface area (Å²) in [4.78, 5) is 16.8. The third-order valence-corrected chi connectivity index (χ3v) is 5.37. The highest BCUT2D eigenvalue weighted by Crippen LogP contribution is 2.38. The van der Waals surface area contributed by atoms with Crippen molar-refractivity contribution in [2.75, 3.05) is 7.11 Å². The average Bonchev–Trinajstić information content (AvgIpc) is 3.02. The molecule has 0 spiro atoms. The first-order valence-corrected chi connectivity index (χ1v) is 9.25. The summed E-state index contributed by atoms with van der Waals surface area (Å²) in [7, 11) is 1.38. The standard InChI is InChI=1S/C19H17Cl3N2O2/c1-4-17-23-18-11(12-8-14(21)15(22)9-13(12)20)6-5-7-16(18)24(17)10(2)19(25)26-3/h5-10H,4H2,1-3H3. The molecule has 0 aliphatic heterocycles. The van der Waals surface area contributed by atoms with E-state index in [4.69, 9.17) is 44.5 Å². The van der Waals surface area contributed by atoms with Crippen LogP contribution in [0.25, 0.3) is 22.2 Å². The van der Waals surface area contributed by atoms with Gasteiger partial charge in [-0.1, -0.05) is 53.9 Å². The number of esters is 1. The molecule has 0 radical (unpaired) electrons. The minimum atomic E-state index is -0.487. The van der Waals surface area contributed by atoms with E-state index in [-0.39, 0.29) is 5.97 Å². The molecule has 1 heterocycles. The van der Waals surface area contributed by atoms with Gasteiger partial charge in [0.05, 0.1) is 33.2 Å². The minimum Gasteiger partial charge on any atom is -0.467 e. The van der Waals surface area contributed by atoms with E-state index < -0.39 is 6.04 Å². The molecule has 0 saturated carbocycles. The normalized spacial score (nSPS) is 12.4. The van der Waals surface area contributed by atoms with Crippen LogP contribution in [0, 0.1) is 0 Å². The quantitative estimate of drug-likeness (QED) is 0.393. The summed E-state index contributed by atoms with van der Waals surface area (Å²) in [5.74, 6) is 0.471. The lowest BCUT2D eigenvalue weighted by Crippen LogP contribution is -2.19. The van der Waals surface area contributed by atoms with Gasteiger partial charge in [-0.15, -0.1) is 0 Å². The number of rotatable bonds is 4. The Morgan fingerprint density at radius 1 is 1.15 bits per heavy atom. The Morgan fingerprint density at radius 2 is 1.85 bits per heavy atom. The number of fused-ring (bicyclic) bond motifs is 1. The molecule has 1 unspecified atom stereocenters. The first-order valence-electron chi connectivity index (χ1n) is 8.11. The van der Waals surface area contributed by atoms with Crippen LogP contribution in [0.15, 0.2) is 30.3 Å². The molecule has 0 N–H and O–H groups in total. The van der Waals surface area contributed by atoms with Crippen molar-refractivity contribution >= 4 is 51.8 Å². The SMILES string of the molecule is CCc1nc2c(-c3cc(Cl)c(Cl)cc3Cl)cccc2n1C(C)C(=O)OC. The first-order chi connectivity index (χ1) is 12.4. The highest BCUT2D eigenvalue weighted by molar-refractivity contribution is 6.44. The Hall–Kier alpha value is -1.75. The Bertz CT molecular complexity index is 998. The predicted molar refractivity (Wildman–Crippen MR) is 106 cm³/mol. The molecule has 3 aromatic rings. The number of benzene rings is 2. The van der Waals surface area contributed by atoms with Crippen molar-refractivity contribution in [2.24, 2.45) is 0 Å². The van der Waals surface area contributed by atoms with Crippen molar-refractivity contribution in [3.8, 4) is 11.1 Å².